The molecule has 0 fully saturated rings. The van der Waals surface area contributed by atoms with Crippen molar-refractivity contribution in [1.29, 1.82) is 0 Å². The Morgan fingerprint density at radius 1 is 0.919 bits per heavy atom. The summed E-state index contributed by atoms with van der Waals surface area (Å²) in [6, 6.07) is 18.2. The van der Waals surface area contributed by atoms with Crippen molar-refractivity contribution in [3.63, 3.8) is 0 Å². The first kappa shape index (κ1) is 28.1. The minimum Gasteiger partial charge on any atom is -0.352 e. The molecule has 0 aliphatic rings. The van der Waals surface area contributed by atoms with Crippen molar-refractivity contribution in [2.45, 2.75) is 44.3 Å². The quantitative estimate of drug-likeness (QED) is 0.403. The van der Waals surface area contributed by atoms with E-state index in [1.54, 1.807) is 63.2 Å². The summed E-state index contributed by atoms with van der Waals surface area (Å²) < 4.78 is 41.7. The lowest BCUT2D eigenvalue weighted by Gasteiger charge is -2.32. The maximum absolute atomic E-state index is 13.7. The first-order valence-electron chi connectivity index (χ1n) is 11.7. The smallest absolute Gasteiger partial charge is 0.264 e. The van der Waals surface area contributed by atoms with Crippen molar-refractivity contribution >= 4 is 39.1 Å². The maximum atomic E-state index is 13.7. The SMILES string of the molecule is CC(C)NC(=O)[C@@H](C)N(Cc1ccc(Cl)cc1)C(=O)CN(c1ccc(F)cc1)S(=O)(=O)c1ccccc1. The number of nitrogens with one attached hydrogen (secondary N) is 1. The second-order valence-corrected chi connectivity index (χ2v) is 11.1. The highest BCUT2D eigenvalue weighted by molar-refractivity contribution is 7.92. The van der Waals surface area contributed by atoms with E-state index in [0.29, 0.717) is 10.6 Å². The molecule has 0 aliphatic carbocycles. The molecular formula is C27H29ClFN3O4S. The number of hydrogen-bond donors (Lipinski definition) is 1. The summed E-state index contributed by atoms with van der Waals surface area (Å²) in [6.07, 6.45) is 0. The molecule has 10 heteroatoms. The molecule has 7 nitrogen and oxygen atoms in total. The van der Waals surface area contributed by atoms with E-state index in [0.717, 1.165) is 16.4 Å². The molecule has 0 aliphatic heterocycles. The average Bonchev–Trinajstić information content (AvgIpc) is 2.87. The van der Waals surface area contributed by atoms with Crippen LogP contribution in [0.5, 0.6) is 0 Å². The molecule has 0 bridgehead atoms. The van der Waals surface area contributed by atoms with Crippen LogP contribution in [-0.4, -0.2) is 43.8 Å². The molecule has 2 amide bonds. The lowest BCUT2D eigenvalue weighted by atomic mass is 10.1. The van der Waals surface area contributed by atoms with Crippen molar-refractivity contribution in [1.82, 2.24) is 10.2 Å². The van der Waals surface area contributed by atoms with Gasteiger partial charge in [-0.2, -0.15) is 0 Å². The first-order valence-corrected chi connectivity index (χ1v) is 13.5. The van der Waals surface area contributed by atoms with Gasteiger partial charge in [-0.25, -0.2) is 12.8 Å². The summed E-state index contributed by atoms with van der Waals surface area (Å²) >= 11 is 5.99. The Morgan fingerprint density at radius 3 is 2.08 bits per heavy atom. The van der Waals surface area contributed by atoms with Crippen LogP contribution in [0.1, 0.15) is 26.3 Å². The number of anilines is 1. The zero-order valence-electron chi connectivity index (χ0n) is 20.8. The van der Waals surface area contributed by atoms with Crippen LogP contribution in [0.25, 0.3) is 0 Å². The number of amides is 2. The zero-order chi connectivity index (χ0) is 27.2. The van der Waals surface area contributed by atoms with Crippen molar-refractivity contribution in [2.24, 2.45) is 0 Å². The van der Waals surface area contributed by atoms with Gasteiger partial charge in [-0.3, -0.25) is 13.9 Å². The van der Waals surface area contributed by atoms with E-state index in [9.17, 15) is 22.4 Å². The third-order valence-electron chi connectivity index (χ3n) is 5.59. The van der Waals surface area contributed by atoms with Crippen LogP contribution in [0.15, 0.2) is 83.8 Å². The number of hydrogen-bond acceptors (Lipinski definition) is 4. The van der Waals surface area contributed by atoms with E-state index >= 15 is 0 Å². The second-order valence-electron chi connectivity index (χ2n) is 8.79. The van der Waals surface area contributed by atoms with E-state index in [2.05, 4.69) is 5.32 Å². The molecule has 1 N–H and O–H groups in total. The molecule has 3 aromatic rings. The Morgan fingerprint density at radius 2 is 1.51 bits per heavy atom. The Bertz CT molecular complexity index is 1320. The fraction of sp³-hybridized carbons (Fsp3) is 0.259. The molecule has 0 unspecified atom stereocenters. The van der Waals surface area contributed by atoms with E-state index in [1.807, 2.05) is 0 Å². The number of benzene rings is 3. The molecule has 3 aromatic carbocycles. The van der Waals surface area contributed by atoms with Crippen LogP contribution in [0.4, 0.5) is 10.1 Å². The third-order valence-corrected chi connectivity index (χ3v) is 7.63. The van der Waals surface area contributed by atoms with Gasteiger partial charge in [-0.15, -0.1) is 0 Å². The molecule has 0 saturated carbocycles. The molecule has 3 rings (SSSR count). The van der Waals surface area contributed by atoms with Gasteiger partial charge >= 0.3 is 0 Å². The van der Waals surface area contributed by atoms with E-state index in [1.165, 1.54) is 29.2 Å². The van der Waals surface area contributed by atoms with Crippen LogP contribution in [0.2, 0.25) is 5.02 Å². The Hall–Kier alpha value is -3.43. The van der Waals surface area contributed by atoms with Crippen LogP contribution in [0, 0.1) is 5.82 Å². The Kier molecular flexibility index (Phi) is 9.29. The van der Waals surface area contributed by atoms with E-state index in [-0.39, 0.29) is 29.1 Å². The second kappa shape index (κ2) is 12.2. The summed E-state index contributed by atoms with van der Waals surface area (Å²) in [4.78, 5) is 27.9. The Balaban J connectivity index is 2.00. The van der Waals surface area contributed by atoms with Gasteiger partial charge in [-0.05, 0) is 74.9 Å². The predicted octanol–water partition coefficient (Wildman–Crippen LogP) is 4.62. The van der Waals surface area contributed by atoms with Crippen LogP contribution in [-0.2, 0) is 26.2 Å². The van der Waals surface area contributed by atoms with Gasteiger partial charge in [0.1, 0.15) is 18.4 Å². The monoisotopic (exact) mass is 545 g/mol. The summed E-state index contributed by atoms with van der Waals surface area (Å²) in [6.45, 7) is 4.64. The summed E-state index contributed by atoms with van der Waals surface area (Å²) in [5, 5.41) is 3.31. The molecule has 0 spiro atoms. The van der Waals surface area contributed by atoms with Gasteiger partial charge in [0, 0.05) is 17.6 Å². The summed E-state index contributed by atoms with van der Waals surface area (Å²) in [7, 11) is -4.19. The normalized spacial score (nSPS) is 12.2. The largest absolute Gasteiger partial charge is 0.352 e. The lowest BCUT2D eigenvalue weighted by Crippen LogP contribution is -2.52. The number of sulfonamides is 1. The van der Waals surface area contributed by atoms with Crippen LogP contribution in [0.3, 0.4) is 0 Å². The van der Waals surface area contributed by atoms with Gasteiger partial charge in [0.05, 0.1) is 10.6 Å². The van der Waals surface area contributed by atoms with Crippen LogP contribution < -0.4 is 9.62 Å². The first-order chi connectivity index (χ1) is 17.5. The fourth-order valence-corrected chi connectivity index (χ4v) is 5.19. The summed E-state index contributed by atoms with van der Waals surface area (Å²) in [5.41, 5.74) is 0.825. The molecule has 0 heterocycles. The van der Waals surface area contributed by atoms with Crippen LogP contribution >= 0.6 is 11.6 Å². The highest BCUT2D eigenvalue weighted by Gasteiger charge is 2.32. The predicted molar refractivity (Wildman–Crippen MR) is 142 cm³/mol. The minimum absolute atomic E-state index is 0.0259. The highest BCUT2D eigenvalue weighted by Crippen LogP contribution is 2.25. The summed E-state index contributed by atoms with van der Waals surface area (Å²) in [5.74, 6) is -1.53. The van der Waals surface area contributed by atoms with E-state index < -0.39 is 34.3 Å². The standard InChI is InChI=1S/C27H29ClFN3O4S/c1-19(2)30-27(34)20(3)31(17-21-9-11-22(28)12-10-21)26(33)18-32(24-15-13-23(29)14-16-24)37(35,36)25-7-5-4-6-8-25/h4-16,19-20H,17-18H2,1-3H3,(H,30,34)/t20-/m1/s1. The number of carbonyl (C=O) groups is 2. The van der Waals surface area contributed by atoms with Gasteiger partial charge in [0.2, 0.25) is 11.8 Å². The molecule has 0 radical (unpaired) electrons. The number of carbonyl (C=O) groups excluding carboxylic acids is 2. The third kappa shape index (κ3) is 7.30. The topological polar surface area (TPSA) is 86.8 Å². The number of rotatable bonds is 10. The fourth-order valence-electron chi connectivity index (χ4n) is 3.63. The van der Waals surface area contributed by atoms with Gasteiger partial charge in [0.15, 0.2) is 0 Å². The van der Waals surface area contributed by atoms with Crippen molar-refractivity contribution in [3.8, 4) is 0 Å². The van der Waals surface area contributed by atoms with E-state index in [4.69, 9.17) is 11.6 Å². The minimum atomic E-state index is -4.19. The average molecular weight is 546 g/mol. The van der Waals surface area contributed by atoms with Crippen molar-refractivity contribution < 1.29 is 22.4 Å². The number of halogens is 2. The molecule has 37 heavy (non-hydrogen) atoms. The maximum Gasteiger partial charge on any atom is 0.264 e. The van der Waals surface area contributed by atoms with Gasteiger partial charge < -0.3 is 10.2 Å². The van der Waals surface area contributed by atoms with Crippen molar-refractivity contribution in [3.05, 3.63) is 95.3 Å². The van der Waals surface area contributed by atoms with Gasteiger partial charge in [-0.1, -0.05) is 41.9 Å². The number of nitrogens with zero attached hydrogens (tertiary/aromatic N) is 2. The molecule has 196 valence electrons. The highest BCUT2D eigenvalue weighted by atomic mass is 35.5. The zero-order valence-corrected chi connectivity index (χ0v) is 22.3. The Labute approximate surface area is 221 Å². The lowest BCUT2D eigenvalue weighted by molar-refractivity contribution is -0.139. The molecule has 0 saturated heterocycles. The molecular weight excluding hydrogens is 517 g/mol. The molecule has 0 aromatic heterocycles. The van der Waals surface area contributed by atoms with Crippen molar-refractivity contribution in [2.75, 3.05) is 10.8 Å². The molecule has 1 atom stereocenters. The van der Waals surface area contributed by atoms with Gasteiger partial charge in [0.25, 0.3) is 10.0 Å².